The van der Waals surface area contributed by atoms with E-state index < -0.39 is 0 Å². The molecule has 24 heavy (non-hydrogen) atoms. The lowest BCUT2D eigenvalue weighted by Crippen LogP contribution is -1.99. The third-order valence-electron chi connectivity index (χ3n) is 3.65. The molecule has 6 heteroatoms. The molecule has 0 aliphatic rings. The SMILES string of the molecule is CCCCc1ccc(-n2c(SCC#N)nnc2-c2cccs2)cc1. The fourth-order valence-electron chi connectivity index (χ4n) is 2.45. The van der Waals surface area contributed by atoms with Gasteiger partial charge in [0.25, 0.3) is 0 Å². The Labute approximate surface area is 150 Å². The number of hydrogen-bond donors (Lipinski definition) is 0. The number of aryl methyl sites for hydroxylation is 1. The molecule has 0 saturated carbocycles. The van der Waals surface area contributed by atoms with Gasteiger partial charge in [0.1, 0.15) is 0 Å². The van der Waals surface area contributed by atoms with E-state index >= 15 is 0 Å². The van der Waals surface area contributed by atoms with Crippen molar-refractivity contribution in [1.29, 1.82) is 5.26 Å². The number of hydrogen-bond acceptors (Lipinski definition) is 5. The first-order valence-electron chi connectivity index (χ1n) is 7.92. The maximum absolute atomic E-state index is 8.87. The topological polar surface area (TPSA) is 54.5 Å². The minimum atomic E-state index is 0.358. The van der Waals surface area contributed by atoms with Crippen LogP contribution in [0.2, 0.25) is 0 Å². The standard InChI is InChI=1S/C18H18N4S2/c1-2-3-5-14-7-9-15(10-8-14)22-17(16-6-4-12-23-16)20-21-18(22)24-13-11-19/h4,6-10,12H,2-3,5,13H2,1H3. The smallest absolute Gasteiger partial charge is 0.197 e. The van der Waals surface area contributed by atoms with Crippen LogP contribution in [0.1, 0.15) is 25.3 Å². The van der Waals surface area contributed by atoms with Crippen LogP contribution in [0, 0.1) is 11.3 Å². The van der Waals surface area contributed by atoms with Crippen LogP contribution in [0.25, 0.3) is 16.4 Å². The molecule has 0 saturated heterocycles. The number of thiophene rings is 1. The average molecular weight is 355 g/mol. The first-order valence-corrected chi connectivity index (χ1v) is 9.78. The van der Waals surface area contributed by atoms with Gasteiger partial charge in [-0.25, -0.2) is 0 Å². The second kappa shape index (κ2) is 8.13. The Balaban J connectivity index is 1.98. The molecule has 0 N–H and O–H groups in total. The molecule has 0 radical (unpaired) electrons. The summed E-state index contributed by atoms with van der Waals surface area (Å²) < 4.78 is 2.04. The fraction of sp³-hybridized carbons (Fsp3) is 0.278. The van der Waals surface area contributed by atoms with Crippen molar-refractivity contribution in [2.45, 2.75) is 31.3 Å². The normalized spacial score (nSPS) is 10.7. The van der Waals surface area contributed by atoms with Gasteiger partial charge >= 0.3 is 0 Å². The average Bonchev–Trinajstić information content (AvgIpc) is 3.27. The highest BCUT2D eigenvalue weighted by molar-refractivity contribution is 7.99. The molecule has 0 fully saturated rings. The van der Waals surface area contributed by atoms with Crippen molar-refractivity contribution in [3.05, 3.63) is 47.3 Å². The molecule has 0 aliphatic heterocycles. The number of benzene rings is 1. The van der Waals surface area contributed by atoms with Crippen molar-refractivity contribution in [2.24, 2.45) is 0 Å². The summed E-state index contributed by atoms with van der Waals surface area (Å²) in [6.07, 6.45) is 3.51. The molecule has 2 heterocycles. The highest BCUT2D eigenvalue weighted by atomic mass is 32.2. The van der Waals surface area contributed by atoms with Crippen molar-refractivity contribution < 1.29 is 0 Å². The molecule has 3 aromatic rings. The zero-order valence-electron chi connectivity index (χ0n) is 13.5. The van der Waals surface area contributed by atoms with E-state index in [-0.39, 0.29) is 0 Å². The highest BCUT2D eigenvalue weighted by Gasteiger charge is 2.16. The van der Waals surface area contributed by atoms with Crippen molar-refractivity contribution in [1.82, 2.24) is 14.8 Å². The van der Waals surface area contributed by atoms with E-state index in [1.807, 2.05) is 22.1 Å². The van der Waals surface area contributed by atoms with E-state index in [1.165, 1.54) is 30.2 Å². The van der Waals surface area contributed by atoms with E-state index in [9.17, 15) is 0 Å². The predicted octanol–water partition coefficient (Wildman–Crippen LogP) is 4.95. The largest absolute Gasteiger partial charge is 0.269 e. The quantitative estimate of drug-likeness (QED) is 0.563. The molecule has 0 spiro atoms. The fourth-order valence-corrected chi connectivity index (χ4v) is 3.76. The van der Waals surface area contributed by atoms with Crippen molar-refractivity contribution >= 4 is 23.1 Å². The minimum absolute atomic E-state index is 0.358. The summed E-state index contributed by atoms with van der Waals surface area (Å²) in [6, 6.07) is 14.8. The van der Waals surface area contributed by atoms with Crippen LogP contribution >= 0.6 is 23.1 Å². The first-order chi connectivity index (χ1) is 11.8. The van der Waals surface area contributed by atoms with Gasteiger partial charge in [0.2, 0.25) is 0 Å². The Morgan fingerprint density at radius 1 is 1.21 bits per heavy atom. The number of thioether (sulfide) groups is 1. The van der Waals surface area contributed by atoms with Crippen LogP contribution < -0.4 is 0 Å². The monoisotopic (exact) mass is 354 g/mol. The lowest BCUT2D eigenvalue weighted by Gasteiger charge is -2.10. The molecule has 0 unspecified atom stereocenters. The maximum Gasteiger partial charge on any atom is 0.197 e. The van der Waals surface area contributed by atoms with Gasteiger partial charge in [-0.3, -0.25) is 4.57 Å². The molecular formula is C18H18N4S2. The van der Waals surface area contributed by atoms with Crippen molar-refractivity contribution in [3.8, 4) is 22.5 Å². The molecule has 0 atom stereocenters. The van der Waals surface area contributed by atoms with Gasteiger partial charge < -0.3 is 0 Å². The third kappa shape index (κ3) is 3.69. The highest BCUT2D eigenvalue weighted by Crippen LogP contribution is 2.30. The van der Waals surface area contributed by atoms with Crippen LogP contribution in [-0.4, -0.2) is 20.5 Å². The van der Waals surface area contributed by atoms with Gasteiger partial charge in [-0.1, -0.05) is 43.3 Å². The summed E-state index contributed by atoms with van der Waals surface area (Å²) >= 11 is 3.05. The number of unbranched alkanes of at least 4 members (excludes halogenated alkanes) is 1. The molecular weight excluding hydrogens is 336 g/mol. The van der Waals surface area contributed by atoms with Crippen LogP contribution in [0.5, 0.6) is 0 Å². The van der Waals surface area contributed by atoms with E-state index in [0.29, 0.717) is 5.75 Å². The van der Waals surface area contributed by atoms with Crippen LogP contribution in [0.3, 0.4) is 0 Å². The van der Waals surface area contributed by atoms with Gasteiger partial charge in [0, 0.05) is 5.69 Å². The first kappa shape index (κ1) is 16.7. The zero-order valence-corrected chi connectivity index (χ0v) is 15.1. The van der Waals surface area contributed by atoms with E-state index in [4.69, 9.17) is 5.26 Å². The van der Waals surface area contributed by atoms with Crippen molar-refractivity contribution in [2.75, 3.05) is 5.75 Å². The van der Waals surface area contributed by atoms with Gasteiger partial charge in [0.05, 0.1) is 16.7 Å². The third-order valence-corrected chi connectivity index (χ3v) is 5.32. The van der Waals surface area contributed by atoms with Gasteiger partial charge in [-0.05, 0) is 42.0 Å². The summed E-state index contributed by atoms with van der Waals surface area (Å²) in [5, 5.41) is 20.3. The van der Waals surface area contributed by atoms with E-state index in [2.05, 4.69) is 47.5 Å². The number of aromatic nitrogens is 3. The molecule has 2 aromatic heterocycles. The summed E-state index contributed by atoms with van der Waals surface area (Å²) in [4.78, 5) is 1.07. The predicted molar refractivity (Wildman–Crippen MR) is 99.6 cm³/mol. The second-order valence-electron chi connectivity index (χ2n) is 5.34. The molecule has 0 amide bonds. The molecule has 1 aromatic carbocycles. The Kier molecular flexibility index (Phi) is 5.68. The van der Waals surface area contributed by atoms with Gasteiger partial charge in [-0.2, -0.15) is 5.26 Å². The lowest BCUT2D eigenvalue weighted by molar-refractivity contribution is 0.794. The molecule has 122 valence electrons. The summed E-state index contributed by atoms with van der Waals surface area (Å²) in [6.45, 7) is 2.21. The number of rotatable bonds is 7. The number of nitriles is 1. The molecule has 4 nitrogen and oxygen atoms in total. The molecule has 0 aliphatic carbocycles. The van der Waals surface area contributed by atoms with E-state index in [1.54, 1.807) is 11.3 Å². The number of nitrogens with zero attached hydrogens (tertiary/aromatic N) is 4. The Bertz CT molecular complexity index is 814. The summed E-state index contributed by atoms with van der Waals surface area (Å²) in [5.41, 5.74) is 2.38. The van der Waals surface area contributed by atoms with Crippen LogP contribution in [-0.2, 0) is 6.42 Å². The summed E-state index contributed by atoms with van der Waals surface area (Å²) in [5.74, 6) is 1.18. The van der Waals surface area contributed by atoms with E-state index in [0.717, 1.165) is 28.0 Å². The Morgan fingerprint density at radius 2 is 2.04 bits per heavy atom. The Morgan fingerprint density at radius 3 is 2.71 bits per heavy atom. The van der Waals surface area contributed by atoms with Crippen LogP contribution in [0.15, 0.2) is 46.9 Å². The molecule has 3 rings (SSSR count). The van der Waals surface area contributed by atoms with Gasteiger partial charge in [0.15, 0.2) is 11.0 Å². The lowest BCUT2D eigenvalue weighted by atomic mass is 10.1. The maximum atomic E-state index is 8.87. The van der Waals surface area contributed by atoms with Crippen LogP contribution in [0.4, 0.5) is 0 Å². The second-order valence-corrected chi connectivity index (χ2v) is 7.23. The van der Waals surface area contributed by atoms with Gasteiger partial charge in [-0.15, -0.1) is 21.5 Å². The minimum Gasteiger partial charge on any atom is -0.269 e. The Hall–Kier alpha value is -2.10. The molecule has 0 bridgehead atoms. The zero-order chi connectivity index (χ0) is 16.8. The summed E-state index contributed by atoms with van der Waals surface area (Å²) in [7, 11) is 0. The van der Waals surface area contributed by atoms with Crippen molar-refractivity contribution in [3.63, 3.8) is 0 Å².